The van der Waals surface area contributed by atoms with E-state index in [9.17, 15) is 4.79 Å². The monoisotopic (exact) mass is 292 g/mol. The van der Waals surface area contributed by atoms with E-state index in [0.717, 1.165) is 38.3 Å². The number of hydrogen-bond donors (Lipinski definition) is 1. The summed E-state index contributed by atoms with van der Waals surface area (Å²) in [6.07, 6.45) is 6.70. The first-order valence-corrected chi connectivity index (χ1v) is 7.80. The van der Waals surface area contributed by atoms with Crippen molar-refractivity contribution < 1.29 is 13.9 Å². The van der Waals surface area contributed by atoms with E-state index in [4.69, 9.17) is 9.15 Å². The number of likely N-dealkylation sites (tertiary alicyclic amines) is 1. The molecular formula is C16H24N2O3. The van der Waals surface area contributed by atoms with E-state index >= 15 is 0 Å². The van der Waals surface area contributed by atoms with E-state index in [1.54, 1.807) is 6.26 Å². The number of hydrogen-bond acceptors (Lipinski definition) is 5. The van der Waals surface area contributed by atoms with Crippen molar-refractivity contribution >= 4 is 5.97 Å². The van der Waals surface area contributed by atoms with Gasteiger partial charge in [0.05, 0.1) is 13.4 Å². The van der Waals surface area contributed by atoms with E-state index in [1.165, 1.54) is 32.8 Å². The molecule has 1 aromatic rings. The fourth-order valence-electron chi connectivity index (χ4n) is 3.80. The molecule has 0 aromatic carbocycles. The molecular weight excluding hydrogens is 268 g/mol. The highest BCUT2D eigenvalue weighted by Crippen LogP contribution is 2.36. The fraction of sp³-hybridized carbons (Fsp3) is 0.688. The predicted octanol–water partition coefficient (Wildman–Crippen LogP) is 2.03. The largest absolute Gasteiger partial charge is 0.463 e. The van der Waals surface area contributed by atoms with Crippen LogP contribution in [0.2, 0.25) is 0 Å². The van der Waals surface area contributed by atoms with Crippen LogP contribution >= 0.6 is 0 Å². The summed E-state index contributed by atoms with van der Waals surface area (Å²) in [5.74, 6) is -0.0417. The van der Waals surface area contributed by atoms with Crippen molar-refractivity contribution in [2.75, 3.05) is 33.3 Å². The standard InChI is InChI=1S/C16H24N2O3/c1-20-15(19)14-13(4-9-21-14)10-18-8-3-6-16(12-18)5-2-7-17-11-16/h4,9,17H,2-3,5-8,10-12H2,1H3. The molecule has 0 amide bonds. The molecule has 0 radical (unpaired) electrons. The summed E-state index contributed by atoms with van der Waals surface area (Å²) in [6.45, 7) is 5.23. The van der Waals surface area contributed by atoms with Gasteiger partial charge in [0.25, 0.3) is 0 Å². The lowest BCUT2D eigenvalue weighted by Crippen LogP contribution is -2.50. The van der Waals surface area contributed by atoms with Gasteiger partial charge in [-0.15, -0.1) is 0 Å². The summed E-state index contributed by atoms with van der Waals surface area (Å²) in [5.41, 5.74) is 1.36. The SMILES string of the molecule is COC(=O)c1occc1CN1CCCC2(CCCNC2)C1. The summed E-state index contributed by atoms with van der Waals surface area (Å²) in [6, 6.07) is 1.88. The van der Waals surface area contributed by atoms with Crippen LogP contribution in [0.5, 0.6) is 0 Å². The minimum Gasteiger partial charge on any atom is -0.463 e. The van der Waals surface area contributed by atoms with Crippen molar-refractivity contribution in [3.05, 3.63) is 23.7 Å². The maximum absolute atomic E-state index is 11.7. The first-order valence-electron chi connectivity index (χ1n) is 7.80. The van der Waals surface area contributed by atoms with Gasteiger partial charge in [-0.2, -0.15) is 0 Å². The first-order chi connectivity index (χ1) is 10.2. The molecule has 2 aliphatic heterocycles. The Hall–Kier alpha value is -1.33. The van der Waals surface area contributed by atoms with Crippen LogP contribution in [-0.2, 0) is 11.3 Å². The highest BCUT2D eigenvalue weighted by Gasteiger charge is 2.36. The number of ether oxygens (including phenoxy) is 1. The number of rotatable bonds is 3. The molecule has 0 saturated carbocycles. The van der Waals surface area contributed by atoms with E-state index in [2.05, 4.69) is 10.2 Å². The van der Waals surface area contributed by atoms with Gasteiger partial charge in [-0.05, 0) is 50.3 Å². The first kappa shape index (κ1) is 14.6. The smallest absolute Gasteiger partial charge is 0.374 e. The molecule has 2 fully saturated rings. The number of methoxy groups -OCH3 is 1. The number of carbonyl (C=O) groups is 1. The van der Waals surface area contributed by atoms with Gasteiger partial charge >= 0.3 is 5.97 Å². The number of esters is 1. The Balaban J connectivity index is 1.67. The van der Waals surface area contributed by atoms with Crippen molar-refractivity contribution in [2.24, 2.45) is 5.41 Å². The van der Waals surface area contributed by atoms with Crippen molar-refractivity contribution in [2.45, 2.75) is 32.2 Å². The molecule has 1 aromatic heterocycles. The van der Waals surface area contributed by atoms with Crippen LogP contribution in [0, 0.1) is 5.41 Å². The molecule has 3 heterocycles. The van der Waals surface area contributed by atoms with Gasteiger partial charge in [-0.3, -0.25) is 4.90 Å². The zero-order valence-corrected chi connectivity index (χ0v) is 12.7. The average molecular weight is 292 g/mol. The van der Waals surface area contributed by atoms with E-state index in [-0.39, 0.29) is 5.97 Å². The summed E-state index contributed by atoms with van der Waals surface area (Å²) in [5, 5.41) is 3.54. The molecule has 2 aliphatic rings. The Morgan fingerprint density at radius 2 is 2.33 bits per heavy atom. The van der Waals surface area contributed by atoms with Crippen molar-refractivity contribution in [1.29, 1.82) is 0 Å². The second kappa shape index (κ2) is 6.20. The highest BCUT2D eigenvalue weighted by atomic mass is 16.5. The molecule has 5 heteroatoms. The molecule has 1 spiro atoms. The molecule has 3 rings (SSSR count). The van der Waals surface area contributed by atoms with E-state index in [1.807, 2.05) is 6.07 Å². The van der Waals surface area contributed by atoms with Crippen LogP contribution in [0.4, 0.5) is 0 Å². The lowest BCUT2D eigenvalue weighted by Gasteiger charge is -2.45. The third-order valence-electron chi connectivity index (χ3n) is 4.81. The molecule has 1 unspecified atom stereocenters. The maximum atomic E-state index is 11.7. The summed E-state index contributed by atoms with van der Waals surface area (Å²) < 4.78 is 10.1. The Kier molecular flexibility index (Phi) is 4.31. The van der Waals surface area contributed by atoms with Gasteiger partial charge in [-0.25, -0.2) is 4.79 Å². The van der Waals surface area contributed by atoms with Crippen LogP contribution in [0.1, 0.15) is 41.8 Å². The van der Waals surface area contributed by atoms with Crippen molar-refractivity contribution in [3.8, 4) is 0 Å². The zero-order valence-electron chi connectivity index (χ0n) is 12.7. The summed E-state index contributed by atoms with van der Waals surface area (Å²) in [7, 11) is 1.39. The Labute approximate surface area is 125 Å². The van der Waals surface area contributed by atoms with Crippen LogP contribution in [0.25, 0.3) is 0 Å². The van der Waals surface area contributed by atoms with Crippen LogP contribution in [-0.4, -0.2) is 44.2 Å². The molecule has 0 bridgehead atoms. The van der Waals surface area contributed by atoms with Gasteiger partial charge in [-0.1, -0.05) is 0 Å². The minimum atomic E-state index is -0.388. The van der Waals surface area contributed by atoms with E-state index < -0.39 is 0 Å². The van der Waals surface area contributed by atoms with E-state index in [0.29, 0.717) is 11.2 Å². The second-order valence-corrected chi connectivity index (χ2v) is 6.36. The molecule has 5 nitrogen and oxygen atoms in total. The molecule has 0 aliphatic carbocycles. The Morgan fingerprint density at radius 1 is 1.48 bits per heavy atom. The van der Waals surface area contributed by atoms with Crippen LogP contribution < -0.4 is 5.32 Å². The maximum Gasteiger partial charge on any atom is 0.374 e. The number of piperidine rings is 2. The minimum absolute atomic E-state index is 0.346. The molecule has 2 saturated heterocycles. The number of furan rings is 1. The number of carbonyl (C=O) groups excluding carboxylic acids is 1. The molecule has 1 N–H and O–H groups in total. The average Bonchev–Trinajstić information content (AvgIpc) is 2.95. The normalized spacial score (nSPS) is 26.9. The number of nitrogens with one attached hydrogen (secondary N) is 1. The van der Waals surface area contributed by atoms with Gasteiger partial charge in [0.2, 0.25) is 5.76 Å². The topological polar surface area (TPSA) is 54.7 Å². The quantitative estimate of drug-likeness (QED) is 0.864. The molecule has 116 valence electrons. The molecule has 1 atom stereocenters. The van der Waals surface area contributed by atoms with Gasteiger partial charge in [0.1, 0.15) is 0 Å². The summed E-state index contributed by atoms with van der Waals surface area (Å²) >= 11 is 0. The Morgan fingerprint density at radius 3 is 3.10 bits per heavy atom. The predicted molar refractivity (Wildman–Crippen MR) is 79.1 cm³/mol. The highest BCUT2D eigenvalue weighted by molar-refractivity contribution is 5.87. The third kappa shape index (κ3) is 3.14. The fourth-order valence-corrected chi connectivity index (χ4v) is 3.80. The van der Waals surface area contributed by atoms with Crippen LogP contribution in [0.15, 0.2) is 16.7 Å². The summed E-state index contributed by atoms with van der Waals surface area (Å²) in [4.78, 5) is 14.1. The number of nitrogens with zero attached hydrogens (tertiary/aromatic N) is 1. The lowest BCUT2D eigenvalue weighted by atomic mass is 9.74. The Bertz CT molecular complexity index is 486. The third-order valence-corrected chi connectivity index (χ3v) is 4.81. The van der Waals surface area contributed by atoms with Gasteiger partial charge in [0.15, 0.2) is 0 Å². The van der Waals surface area contributed by atoms with Crippen molar-refractivity contribution in [3.63, 3.8) is 0 Å². The molecule has 21 heavy (non-hydrogen) atoms. The zero-order chi connectivity index (χ0) is 14.7. The lowest BCUT2D eigenvalue weighted by molar-refractivity contribution is 0.0535. The van der Waals surface area contributed by atoms with Gasteiger partial charge in [0, 0.05) is 25.2 Å². The van der Waals surface area contributed by atoms with Crippen LogP contribution in [0.3, 0.4) is 0 Å². The van der Waals surface area contributed by atoms with Crippen molar-refractivity contribution in [1.82, 2.24) is 10.2 Å². The second-order valence-electron chi connectivity index (χ2n) is 6.36. The van der Waals surface area contributed by atoms with Gasteiger partial charge < -0.3 is 14.5 Å².